The highest BCUT2D eigenvalue weighted by molar-refractivity contribution is 5.78. The maximum atomic E-state index is 10.3. The van der Waals surface area contributed by atoms with Crippen LogP contribution in [0.15, 0.2) is 34.0 Å². The molecule has 1 saturated carbocycles. The number of aliphatic imine (C=N–C) groups is 1. The quantitative estimate of drug-likeness (QED) is 0.551. The predicted molar refractivity (Wildman–Crippen MR) is 53.0 cm³/mol. The summed E-state index contributed by atoms with van der Waals surface area (Å²) < 4.78 is 4.85. The molecule has 0 bridgehead atoms. The number of hydrogen-bond donors (Lipinski definition) is 0. The monoisotopic (exact) mass is 200 g/mol. The molecule has 0 radical (unpaired) electrons. The van der Waals surface area contributed by atoms with Gasteiger partial charge in [0.1, 0.15) is 11.8 Å². The van der Waals surface area contributed by atoms with E-state index in [0.29, 0.717) is 0 Å². The molecular formula is C11H8N2O2. The van der Waals surface area contributed by atoms with Crippen LogP contribution in [0, 0.1) is 0 Å². The summed E-state index contributed by atoms with van der Waals surface area (Å²) in [6, 6.07) is 5.82. The first-order valence-electron chi connectivity index (χ1n) is 4.78. The Morgan fingerprint density at radius 1 is 1.47 bits per heavy atom. The summed E-state index contributed by atoms with van der Waals surface area (Å²) in [4.78, 5) is 14.2. The zero-order valence-corrected chi connectivity index (χ0v) is 7.93. The molecule has 0 unspecified atom stereocenters. The molecular weight excluding hydrogens is 192 g/mol. The van der Waals surface area contributed by atoms with Crippen LogP contribution < -0.4 is 0 Å². The Labute approximate surface area is 85.6 Å². The van der Waals surface area contributed by atoms with E-state index in [4.69, 9.17) is 4.52 Å². The lowest BCUT2D eigenvalue weighted by molar-refractivity contribution is 0.428. The smallest absolute Gasteiger partial charge is 0.235 e. The molecule has 2 aromatic rings. The number of carbonyl (C=O) groups excluding carboxylic acids is 1. The van der Waals surface area contributed by atoms with Gasteiger partial charge in [-0.2, -0.15) is 4.99 Å². The van der Waals surface area contributed by atoms with Crippen LogP contribution in [0.5, 0.6) is 0 Å². The molecule has 4 nitrogen and oxygen atoms in total. The maximum Gasteiger partial charge on any atom is 0.235 e. The molecule has 1 aliphatic carbocycles. The third-order valence-corrected chi connectivity index (χ3v) is 2.88. The van der Waals surface area contributed by atoms with E-state index in [1.165, 1.54) is 0 Å². The third kappa shape index (κ3) is 1.19. The molecule has 1 heterocycles. The lowest BCUT2D eigenvalue weighted by atomic mass is 10.0. The summed E-state index contributed by atoms with van der Waals surface area (Å²) in [5.74, 6) is 0. The lowest BCUT2D eigenvalue weighted by Gasteiger charge is -2.06. The first kappa shape index (κ1) is 8.38. The van der Waals surface area contributed by atoms with Crippen molar-refractivity contribution in [2.24, 2.45) is 4.99 Å². The van der Waals surface area contributed by atoms with E-state index in [1.54, 1.807) is 12.3 Å². The summed E-state index contributed by atoms with van der Waals surface area (Å²) >= 11 is 0. The van der Waals surface area contributed by atoms with Crippen LogP contribution in [-0.2, 0) is 10.3 Å². The van der Waals surface area contributed by atoms with E-state index in [0.717, 1.165) is 29.3 Å². The molecule has 1 aromatic carbocycles. The van der Waals surface area contributed by atoms with Crippen LogP contribution in [0.25, 0.3) is 10.9 Å². The molecule has 1 aliphatic rings. The van der Waals surface area contributed by atoms with Gasteiger partial charge in [0, 0.05) is 5.39 Å². The standard InChI is InChI=1S/C11H8N2O2/c14-7-12-11(3-4-11)9-2-1-8-6-15-13-10(8)5-9/h1-2,5-6H,3-4H2. The van der Waals surface area contributed by atoms with E-state index < -0.39 is 0 Å². The average Bonchev–Trinajstić information content (AvgIpc) is 2.89. The van der Waals surface area contributed by atoms with Crippen molar-refractivity contribution in [3.63, 3.8) is 0 Å². The van der Waals surface area contributed by atoms with Crippen LogP contribution in [0.2, 0.25) is 0 Å². The minimum Gasteiger partial charge on any atom is -0.364 e. The van der Waals surface area contributed by atoms with Crippen molar-refractivity contribution < 1.29 is 9.32 Å². The summed E-state index contributed by atoms with van der Waals surface area (Å²) in [5.41, 5.74) is 1.50. The van der Waals surface area contributed by atoms with Gasteiger partial charge in [-0.05, 0) is 30.5 Å². The zero-order chi connectivity index (χ0) is 10.3. The Morgan fingerprint density at radius 3 is 3.07 bits per heavy atom. The van der Waals surface area contributed by atoms with Gasteiger partial charge >= 0.3 is 0 Å². The minimum atomic E-state index is -0.325. The van der Waals surface area contributed by atoms with Gasteiger partial charge in [-0.15, -0.1) is 0 Å². The van der Waals surface area contributed by atoms with Crippen molar-refractivity contribution in [1.29, 1.82) is 0 Å². The summed E-state index contributed by atoms with van der Waals surface area (Å²) in [6.45, 7) is 0. The van der Waals surface area contributed by atoms with Crippen LogP contribution >= 0.6 is 0 Å². The van der Waals surface area contributed by atoms with E-state index >= 15 is 0 Å². The lowest BCUT2D eigenvalue weighted by Crippen LogP contribution is -2.01. The molecule has 0 aliphatic heterocycles. The normalized spacial score (nSPS) is 17.3. The topological polar surface area (TPSA) is 55.5 Å². The summed E-state index contributed by atoms with van der Waals surface area (Å²) in [5, 5.41) is 4.83. The number of aromatic nitrogens is 1. The van der Waals surface area contributed by atoms with Crippen LogP contribution in [0.4, 0.5) is 0 Å². The maximum absolute atomic E-state index is 10.3. The molecule has 1 aromatic heterocycles. The minimum absolute atomic E-state index is 0.325. The van der Waals surface area contributed by atoms with Gasteiger partial charge in [0.25, 0.3) is 0 Å². The Bertz CT molecular complexity index is 563. The van der Waals surface area contributed by atoms with Crippen LogP contribution in [0.1, 0.15) is 18.4 Å². The van der Waals surface area contributed by atoms with Crippen LogP contribution in [0.3, 0.4) is 0 Å². The van der Waals surface area contributed by atoms with E-state index in [-0.39, 0.29) is 5.54 Å². The number of benzene rings is 1. The highest BCUT2D eigenvalue weighted by atomic mass is 16.5. The van der Waals surface area contributed by atoms with Gasteiger partial charge in [0.05, 0.1) is 5.54 Å². The van der Waals surface area contributed by atoms with E-state index in [9.17, 15) is 4.79 Å². The fourth-order valence-corrected chi connectivity index (χ4v) is 1.82. The molecule has 0 spiro atoms. The van der Waals surface area contributed by atoms with Crippen molar-refractivity contribution >= 4 is 17.0 Å². The SMILES string of the molecule is O=C=NC1(c2ccc3conc3c2)CC1. The highest BCUT2D eigenvalue weighted by Gasteiger charge is 2.44. The fraction of sp³-hybridized carbons (Fsp3) is 0.273. The van der Waals surface area contributed by atoms with Gasteiger partial charge < -0.3 is 4.52 Å². The van der Waals surface area contributed by atoms with Gasteiger partial charge in [-0.3, -0.25) is 0 Å². The van der Waals surface area contributed by atoms with Crippen molar-refractivity contribution in [3.8, 4) is 0 Å². The molecule has 0 amide bonds. The number of hydrogen-bond acceptors (Lipinski definition) is 4. The third-order valence-electron chi connectivity index (χ3n) is 2.88. The molecule has 3 rings (SSSR count). The molecule has 4 heteroatoms. The van der Waals surface area contributed by atoms with Crippen molar-refractivity contribution in [2.45, 2.75) is 18.4 Å². The second-order valence-electron chi connectivity index (χ2n) is 3.82. The Morgan fingerprint density at radius 2 is 2.33 bits per heavy atom. The molecule has 0 N–H and O–H groups in total. The van der Waals surface area contributed by atoms with Crippen LogP contribution in [-0.4, -0.2) is 11.2 Å². The Balaban J connectivity index is 2.15. The molecule has 15 heavy (non-hydrogen) atoms. The van der Waals surface area contributed by atoms with E-state index in [2.05, 4.69) is 10.1 Å². The first-order chi connectivity index (χ1) is 7.34. The summed E-state index contributed by atoms with van der Waals surface area (Å²) in [6.07, 6.45) is 5.06. The van der Waals surface area contributed by atoms with Gasteiger partial charge in [-0.25, -0.2) is 4.79 Å². The Hall–Kier alpha value is -1.93. The predicted octanol–water partition coefficient (Wildman–Crippen LogP) is 2.15. The van der Waals surface area contributed by atoms with Gasteiger partial charge in [0.2, 0.25) is 6.08 Å². The second kappa shape index (κ2) is 2.78. The number of fused-ring (bicyclic) bond motifs is 1. The number of nitrogens with zero attached hydrogens (tertiary/aromatic N) is 2. The largest absolute Gasteiger partial charge is 0.364 e. The summed E-state index contributed by atoms with van der Waals surface area (Å²) in [7, 11) is 0. The molecule has 0 atom stereocenters. The van der Waals surface area contributed by atoms with Gasteiger partial charge in [-0.1, -0.05) is 11.2 Å². The van der Waals surface area contributed by atoms with Crippen molar-refractivity contribution in [3.05, 3.63) is 30.0 Å². The number of rotatable bonds is 2. The molecule has 0 saturated heterocycles. The fourth-order valence-electron chi connectivity index (χ4n) is 1.82. The molecule has 74 valence electrons. The van der Waals surface area contributed by atoms with Gasteiger partial charge in [0.15, 0.2) is 0 Å². The second-order valence-corrected chi connectivity index (χ2v) is 3.82. The number of isocyanates is 1. The van der Waals surface area contributed by atoms with E-state index in [1.807, 2.05) is 18.2 Å². The average molecular weight is 200 g/mol. The molecule has 1 fully saturated rings. The first-order valence-corrected chi connectivity index (χ1v) is 4.78. The van der Waals surface area contributed by atoms with Crippen molar-refractivity contribution in [1.82, 2.24) is 5.16 Å². The van der Waals surface area contributed by atoms with Crippen molar-refractivity contribution in [2.75, 3.05) is 0 Å². The Kier molecular flexibility index (Phi) is 1.55. The highest BCUT2D eigenvalue weighted by Crippen LogP contribution is 2.49. The zero-order valence-electron chi connectivity index (χ0n) is 7.93.